The van der Waals surface area contributed by atoms with E-state index in [1.54, 1.807) is 16.3 Å². The highest BCUT2D eigenvalue weighted by Gasteiger charge is 2.11. The molecule has 1 heterocycles. The predicted molar refractivity (Wildman–Crippen MR) is 62.2 cm³/mol. The van der Waals surface area contributed by atoms with E-state index >= 15 is 0 Å². The number of thioether (sulfide) groups is 1. The lowest BCUT2D eigenvalue weighted by atomic mass is 10.3. The molecule has 5 nitrogen and oxygen atoms in total. The smallest absolute Gasteiger partial charge is 0.328 e. The molecule has 6 heteroatoms. The lowest BCUT2D eigenvalue weighted by molar-refractivity contribution is 0.533. The molecule has 0 saturated carbocycles. The van der Waals surface area contributed by atoms with Crippen molar-refractivity contribution in [2.75, 3.05) is 5.75 Å². The number of hydrogen-bond acceptors (Lipinski definition) is 4. The van der Waals surface area contributed by atoms with Crippen LogP contribution in [0.1, 0.15) is 33.2 Å². The molecular weight excluding hydrogens is 212 g/mol. The van der Waals surface area contributed by atoms with E-state index in [-0.39, 0.29) is 17.8 Å². The van der Waals surface area contributed by atoms with Gasteiger partial charge in [0.05, 0.1) is 0 Å². The van der Waals surface area contributed by atoms with Crippen LogP contribution >= 0.6 is 11.8 Å². The van der Waals surface area contributed by atoms with E-state index in [1.807, 2.05) is 20.8 Å². The highest BCUT2D eigenvalue weighted by molar-refractivity contribution is 7.99. The molecule has 0 aliphatic rings. The second-order valence-electron chi connectivity index (χ2n) is 3.89. The van der Waals surface area contributed by atoms with Gasteiger partial charge < -0.3 is 5.73 Å². The largest absolute Gasteiger partial charge is 0.344 e. The Bertz CT molecular complexity index is 355. The molecule has 1 aromatic heterocycles. The van der Waals surface area contributed by atoms with Crippen molar-refractivity contribution in [3.8, 4) is 0 Å². The van der Waals surface area contributed by atoms with Crippen LogP contribution in [-0.2, 0) is 0 Å². The summed E-state index contributed by atoms with van der Waals surface area (Å²) in [5.41, 5.74) is 5.50. The van der Waals surface area contributed by atoms with Crippen molar-refractivity contribution < 1.29 is 0 Å². The summed E-state index contributed by atoms with van der Waals surface area (Å²) in [4.78, 5) is 11.4. The number of aromatic amines is 1. The van der Waals surface area contributed by atoms with Gasteiger partial charge >= 0.3 is 5.69 Å². The summed E-state index contributed by atoms with van der Waals surface area (Å²) in [5.74, 6) is 0.884. The quantitative estimate of drug-likeness (QED) is 0.739. The van der Waals surface area contributed by atoms with Crippen molar-refractivity contribution >= 4 is 11.8 Å². The number of H-pyrrole nitrogens is 1. The molecule has 0 aliphatic heterocycles. The normalized spacial score (nSPS) is 13.4. The Labute approximate surface area is 93.4 Å². The van der Waals surface area contributed by atoms with E-state index in [1.165, 1.54) is 0 Å². The second kappa shape index (κ2) is 5.37. The maximum atomic E-state index is 11.4. The topological polar surface area (TPSA) is 76.7 Å². The van der Waals surface area contributed by atoms with Crippen LogP contribution in [0.25, 0.3) is 0 Å². The molecule has 0 radical (unpaired) electrons. The van der Waals surface area contributed by atoms with Crippen molar-refractivity contribution in [3.63, 3.8) is 0 Å². The lowest BCUT2D eigenvalue weighted by Gasteiger charge is -2.08. The number of nitrogens with one attached hydrogen (secondary N) is 1. The van der Waals surface area contributed by atoms with E-state index in [0.717, 1.165) is 17.3 Å². The molecule has 1 aromatic rings. The Hall–Kier alpha value is -0.750. The number of rotatable bonds is 5. The molecule has 1 rings (SSSR count). The Morgan fingerprint density at radius 2 is 2.20 bits per heavy atom. The Morgan fingerprint density at radius 3 is 2.73 bits per heavy atom. The zero-order valence-corrected chi connectivity index (χ0v) is 10.2. The zero-order chi connectivity index (χ0) is 11.4. The van der Waals surface area contributed by atoms with Gasteiger partial charge in [-0.25, -0.2) is 9.89 Å². The van der Waals surface area contributed by atoms with Crippen LogP contribution in [0.4, 0.5) is 0 Å². The van der Waals surface area contributed by atoms with E-state index in [0.29, 0.717) is 0 Å². The van der Waals surface area contributed by atoms with Crippen molar-refractivity contribution in [2.24, 2.45) is 5.73 Å². The maximum Gasteiger partial charge on any atom is 0.344 e. The molecular formula is C9H18N4OS. The summed E-state index contributed by atoms with van der Waals surface area (Å²) in [5, 5.41) is 7.19. The van der Waals surface area contributed by atoms with Crippen LogP contribution in [-0.4, -0.2) is 26.6 Å². The number of aromatic nitrogens is 3. The third kappa shape index (κ3) is 3.39. The molecule has 0 spiro atoms. The molecule has 1 atom stereocenters. The first-order chi connectivity index (χ1) is 7.02. The van der Waals surface area contributed by atoms with Crippen LogP contribution < -0.4 is 11.4 Å². The Morgan fingerprint density at radius 1 is 1.53 bits per heavy atom. The summed E-state index contributed by atoms with van der Waals surface area (Å²) in [6, 6.07) is 0.324. The third-order valence-electron chi connectivity index (χ3n) is 1.99. The minimum Gasteiger partial charge on any atom is -0.328 e. The van der Waals surface area contributed by atoms with Crippen LogP contribution in [0.5, 0.6) is 0 Å². The minimum absolute atomic E-state index is 0.133. The van der Waals surface area contributed by atoms with Gasteiger partial charge in [-0.3, -0.25) is 4.57 Å². The van der Waals surface area contributed by atoms with Crippen molar-refractivity contribution in [2.45, 2.75) is 44.4 Å². The average molecular weight is 230 g/mol. The summed E-state index contributed by atoms with van der Waals surface area (Å²) in [6.07, 6.45) is 0.920. The van der Waals surface area contributed by atoms with Gasteiger partial charge in [0.25, 0.3) is 0 Å². The van der Waals surface area contributed by atoms with Crippen molar-refractivity contribution in [3.05, 3.63) is 10.5 Å². The van der Waals surface area contributed by atoms with Crippen molar-refractivity contribution in [1.29, 1.82) is 0 Å². The maximum absolute atomic E-state index is 11.4. The Balaban J connectivity index is 2.65. The van der Waals surface area contributed by atoms with Gasteiger partial charge in [0, 0.05) is 17.8 Å². The standard InChI is InChI=1S/C9H18N4OS/c1-6(2)13-8(14)11-12-9(13)15-5-4-7(3)10/h6-7H,4-5,10H2,1-3H3,(H,11,14). The van der Waals surface area contributed by atoms with Gasteiger partial charge in [0.1, 0.15) is 0 Å². The molecule has 0 aliphatic carbocycles. The molecule has 0 aromatic carbocycles. The molecule has 3 N–H and O–H groups in total. The molecule has 0 fully saturated rings. The first kappa shape index (κ1) is 12.3. The zero-order valence-electron chi connectivity index (χ0n) is 9.36. The number of nitrogens with two attached hydrogens (primary N) is 1. The van der Waals surface area contributed by atoms with Gasteiger partial charge in [-0.2, -0.15) is 0 Å². The van der Waals surface area contributed by atoms with Crippen LogP contribution in [0.3, 0.4) is 0 Å². The SMILES string of the molecule is CC(N)CCSc1n[nH]c(=O)n1C(C)C. The molecule has 1 unspecified atom stereocenters. The van der Waals surface area contributed by atoms with E-state index in [2.05, 4.69) is 10.2 Å². The summed E-state index contributed by atoms with van der Waals surface area (Å²) >= 11 is 1.57. The fourth-order valence-corrected chi connectivity index (χ4v) is 2.40. The van der Waals surface area contributed by atoms with E-state index < -0.39 is 0 Å². The summed E-state index contributed by atoms with van der Waals surface area (Å²) in [6.45, 7) is 5.90. The lowest BCUT2D eigenvalue weighted by Crippen LogP contribution is -2.20. The van der Waals surface area contributed by atoms with Crippen LogP contribution in [0, 0.1) is 0 Å². The van der Waals surface area contributed by atoms with Crippen LogP contribution in [0.15, 0.2) is 9.95 Å². The minimum atomic E-state index is -0.145. The van der Waals surface area contributed by atoms with Gasteiger partial charge in [0.15, 0.2) is 5.16 Å². The average Bonchev–Trinajstić information content (AvgIpc) is 2.46. The van der Waals surface area contributed by atoms with Gasteiger partial charge in [-0.15, -0.1) is 5.10 Å². The van der Waals surface area contributed by atoms with Crippen LogP contribution in [0.2, 0.25) is 0 Å². The highest BCUT2D eigenvalue weighted by Crippen LogP contribution is 2.17. The van der Waals surface area contributed by atoms with Gasteiger partial charge in [-0.05, 0) is 27.2 Å². The fourth-order valence-electron chi connectivity index (χ4n) is 1.18. The first-order valence-electron chi connectivity index (χ1n) is 5.07. The first-order valence-corrected chi connectivity index (χ1v) is 6.06. The number of hydrogen-bond donors (Lipinski definition) is 2. The summed E-state index contributed by atoms with van der Waals surface area (Å²) in [7, 11) is 0. The molecule has 0 bridgehead atoms. The van der Waals surface area contributed by atoms with E-state index in [4.69, 9.17) is 5.73 Å². The second-order valence-corrected chi connectivity index (χ2v) is 4.95. The monoisotopic (exact) mass is 230 g/mol. The molecule has 15 heavy (non-hydrogen) atoms. The summed E-state index contributed by atoms with van der Waals surface area (Å²) < 4.78 is 1.66. The van der Waals surface area contributed by atoms with Gasteiger partial charge in [-0.1, -0.05) is 11.8 Å². The molecule has 0 saturated heterocycles. The van der Waals surface area contributed by atoms with Crippen molar-refractivity contribution in [1.82, 2.24) is 14.8 Å². The predicted octanol–water partition coefficient (Wildman–Crippen LogP) is 0.982. The van der Waals surface area contributed by atoms with Gasteiger partial charge in [0.2, 0.25) is 0 Å². The fraction of sp³-hybridized carbons (Fsp3) is 0.778. The Kier molecular flexibility index (Phi) is 4.41. The molecule has 86 valence electrons. The third-order valence-corrected chi connectivity index (χ3v) is 2.98. The number of nitrogens with zero attached hydrogens (tertiary/aromatic N) is 2. The molecule has 0 amide bonds. The highest BCUT2D eigenvalue weighted by atomic mass is 32.2. The van der Waals surface area contributed by atoms with E-state index in [9.17, 15) is 4.79 Å².